The first-order valence-corrected chi connectivity index (χ1v) is 6.75. The first-order valence-electron chi connectivity index (χ1n) is 5.62. The summed E-state index contributed by atoms with van der Waals surface area (Å²) in [5, 5.41) is 8.42. The highest BCUT2D eigenvalue weighted by atomic mass is 35.6. The molecule has 0 aromatic rings. The molecule has 0 spiro atoms. The molecule has 0 heterocycles. The molecule has 0 unspecified atom stereocenters. The predicted octanol–water partition coefficient (Wildman–Crippen LogP) is 2.79. The fourth-order valence-corrected chi connectivity index (χ4v) is 1.23. The van der Waals surface area contributed by atoms with Crippen molar-refractivity contribution in [3.05, 3.63) is 12.2 Å². The Labute approximate surface area is 143 Å². The molecule has 6 nitrogen and oxygen atoms in total. The zero-order valence-electron chi connectivity index (χ0n) is 11.2. The Balaban J connectivity index is 4.78. The molecule has 23 heavy (non-hydrogen) atoms. The summed E-state index contributed by atoms with van der Waals surface area (Å²) in [6, 6.07) is 0. The highest BCUT2D eigenvalue weighted by molar-refractivity contribution is 6.67. The lowest BCUT2D eigenvalue weighted by molar-refractivity contribution is -0.222. The lowest BCUT2D eigenvalue weighted by Crippen LogP contribution is -2.37. The summed E-state index contributed by atoms with van der Waals surface area (Å²) in [5.41, 5.74) is -0.721. The number of carbonyl (C=O) groups excluding carboxylic acids is 2. The summed E-state index contributed by atoms with van der Waals surface area (Å²) in [7, 11) is 0. The highest BCUT2D eigenvalue weighted by Crippen LogP contribution is 2.28. The zero-order valence-corrected chi connectivity index (χ0v) is 13.4. The third kappa shape index (κ3) is 10.2. The molecule has 0 bridgehead atoms. The quantitative estimate of drug-likeness (QED) is 0.401. The van der Waals surface area contributed by atoms with Crippen LogP contribution in [0.1, 0.15) is 12.8 Å². The number of aliphatic carboxylic acids is 1. The molecule has 0 amide bonds. The standard InChI is InChI=1S/C11H10Cl3F3O6/c1-5(2-7(18)19)9(21)23-6(11(15,16)17)3-8(20)22-4-10(12,13)14/h6H,1-4H2,(H,18,19)/t6-/m1/s1. The van der Waals surface area contributed by atoms with E-state index in [1.165, 1.54) is 0 Å². The highest BCUT2D eigenvalue weighted by Gasteiger charge is 2.45. The van der Waals surface area contributed by atoms with Crippen molar-refractivity contribution in [3.63, 3.8) is 0 Å². The Morgan fingerprint density at radius 1 is 1.17 bits per heavy atom. The molecular formula is C11H10Cl3F3O6. The lowest BCUT2D eigenvalue weighted by atomic mass is 10.2. The minimum absolute atomic E-state index is 0.721. The van der Waals surface area contributed by atoms with E-state index in [-0.39, 0.29) is 0 Å². The van der Waals surface area contributed by atoms with Gasteiger partial charge < -0.3 is 14.6 Å². The lowest BCUT2D eigenvalue weighted by Gasteiger charge is -2.20. The Morgan fingerprint density at radius 3 is 2.09 bits per heavy atom. The first kappa shape index (κ1) is 21.8. The van der Waals surface area contributed by atoms with E-state index in [4.69, 9.17) is 39.9 Å². The summed E-state index contributed by atoms with van der Waals surface area (Å²) in [4.78, 5) is 33.0. The van der Waals surface area contributed by atoms with Gasteiger partial charge in [-0.2, -0.15) is 13.2 Å². The Morgan fingerprint density at radius 2 is 1.70 bits per heavy atom. The second-order valence-corrected chi connectivity index (χ2v) is 6.61. The molecule has 132 valence electrons. The topological polar surface area (TPSA) is 89.9 Å². The number of alkyl halides is 6. The number of carboxylic acids is 1. The van der Waals surface area contributed by atoms with Crippen LogP contribution in [0.4, 0.5) is 13.2 Å². The van der Waals surface area contributed by atoms with Crippen molar-refractivity contribution in [1.29, 1.82) is 0 Å². The molecule has 0 fully saturated rings. The maximum absolute atomic E-state index is 12.7. The number of rotatable bonds is 7. The van der Waals surface area contributed by atoms with E-state index in [0.717, 1.165) is 0 Å². The van der Waals surface area contributed by atoms with Gasteiger partial charge in [-0.3, -0.25) is 9.59 Å². The fourth-order valence-electron chi connectivity index (χ4n) is 1.06. The average molecular weight is 402 g/mol. The zero-order chi connectivity index (χ0) is 18.4. The van der Waals surface area contributed by atoms with Crippen molar-refractivity contribution in [3.8, 4) is 0 Å². The first-order chi connectivity index (χ1) is 10.2. The largest absolute Gasteiger partial charge is 0.481 e. The van der Waals surface area contributed by atoms with E-state index in [0.29, 0.717) is 0 Å². The molecular weight excluding hydrogens is 391 g/mol. The van der Waals surface area contributed by atoms with E-state index in [9.17, 15) is 27.6 Å². The van der Waals surface area contributed by atoms with Gasteiger partial charge in [0, 0.05) is 5.57 Å². The van der Waals surface area contributed by atoms with Crippen LogP contribution in [0, 0.1) is 0 Å². The van der Waals surface area contributed by atoms with Gasteiger partial charge in [-0.25, -0.2) is 4.79 Å². The molecule has 0 saturated carbocycles. The van der Waals surface area contributed by atoms with E-state index in [1.807, 2.05) is 0 Å². The molecule has 0 aromatic carbocycles. The second kappa shape index (κ2) is 8.60. The number of carboxylic acid groups (broad SMARTS) is 1. The third-order valence-corrected chi connectivity index (χ3v) is 2.34. The van der Waals surface area contributed by atoms with Crippen molar-refractivity contribution in [2.24, 2.45) is 0 Å². The van der Waals surface area contributed by atoms with Crippen LogP contribution in [0.25, 0.3) is 0 Å². The van der Waals surface area contributed by atoms with Crippen LogP contribution in [0.15, 0.2) is 12.2 Å². The van der Waals surface area contributed by atoms with Gasteiger partial charge >= 0.3 is 24.1 Å². The van der Waals surface area contributed by atoms with E-state index in [2.05, 4.69) is 16.1 Å². The molecule has 0 radical (unpaired) electrons. The normalized spacial score (nSPS) is 13.1. The maximum atomic E-state index is 12.7. The average Bonchev–Trinajstić information content (AvgIpc) is 2.32. The van der Waals surface area contributed by atoms with Gasteiger partial charge in [-0.1, -0.05) is 41.4 Å². The minimum Gasteiger partial charge on any atom is -0.481 e. The van der Waals surface area contributed by atoms with Gasteiger partial charge in [0.1, 0.15) is 6.61 Å². The van der Waals surface area contributed by atoms with Crippen LogP contribution in [-0.2, 0) is 23.9 Å². The number of carbonyl (C=O) groups is 3. The van der Waals surface area contributed by atoms with Crippen LogP contribution in [0.2, 0.25) is 0 Å². The number of hydrogen-bond donors (Lipinski definition) is 1. The van der Waals surface area contributed by atoms with Crippen molar-refractivity contribution in [2.45, 2.75) is 28.9 Å². The van der Waals surface area contributed by atoms with Crippen molar-refractivity contribution < 1.29 is 42.1 Å². The monoisotopic (exact) mass is 400 g/mol. The van der Waals surface area contributed by atoms with Gasteiger partial charge in [-0.15, -0.1) is 0 Å². The van der Waals surface area contributed by atoms with Crippen molar-refractivity contribution in [2.75, 3.05) is 6.61 Å². The van der Waals surface area contributed by atoms with E-state index in [1.54, 1.807) is 0 Å². The van der Waals surface area contributed by atoms with Gasteiger partial charge in [0.25, 0.3) is 0 Å². The van der Waals surface area contributed by atoms with Crippen LogP contribution < -0.4 is 0 Å². The molecule has 1 atom stereocenters. The van der Waals surface area contributed by atoms with Gasteiger partial charge in [0.05, 0.1) is 12.8 Å². The van der Waals surface area contributed by atoms with E-state index >= 15 is 0 Å². The number of halogens is 6. The molecule has 0 rings (SSSR count). The molecule has 0 aliphatic carbocycles. The molecule has 1 N–H and O–H groups in total. The van der Waals surface area contributed by atoms with E-state index < -0.39 is 59.0 Å². The Kier molecular flexibility index (Phi) is 8.16. The Bertz CT molecular complexity index is 486. The molecule has 0 saturated heterocycles. The molecule has 0 aliphatic heterocycles. The van der Waals surface area contributed by atoms with Crippen molar-refractivity contribution >= 4 is 52.7 Å². The maximum Gasteiger partial charge on any atom is 0.426 e. The van der Waals surface area contributed by atoms with Crippen molar-refractivity contribution in [1.82, 2.24) is 0 Å². The van der Waals surface area contributed by atoms with Gasteiger partial charge in [0.15, 0.2) is 0 Å². The molecule has 0 aliphatic rings. The van der Waals surface area contributed by atoms with Crippen LogP contribution >= 0.6 is 34.8 Å². The fraction of sp³-hybridized carbons (Fsp3) is 0.545. The van der Waals surface area contributed by atoms with Crippen LogP contribution in [0.5, 0.6) is 0 Å². The summed E-state index contributed by atoms with van der Waals surface area (Å²) in [6.45, 7) is 2.18. The summed E-state index contributed by atoms with van der Waals surface area (Å²) in [6.07, 6.45) is -10.3. The number of hydrogen-bond acceptors (Lipinski definition) is 5. The second-order valence-electron chi connectivity index (χ2n) is 4.09. The summed E-state index contributed by atoms with van der Waals surface area (Å²) < 4.78 is 44.5. The van der Waals surface area contributed by atoms with Crippen LogP contribution in [-0.4, -0.2) is 45.7 Å². The minimum atomic E-state index is -5.10. The van der Waals surface area contributed by atoms with Gasteiger partial charge in [-0.05, 0) is 0 Å². The molecule has 0 aromatic heterocycles. The number of esters is 2. The SMILES string of the molecule is C=C(CC(=O)O)C(=O)O[C@H](CC(=O)OCC(Cl)(Cl)Cl)C(F)(F)F. The van der Waals surface area contributed by atoms with Crippen LogP contribution in [0.3, 0.4) is 0 Å². The summed E-state index contributed by atoms with van der Waals surface area (Å²) in [5.74, 6) is -4.53. The predicted molar refractivity (Wildman–Crippen MR) is 73.2 cm³/mol. The number of ether oxygens (including phenoxy) is 2. The van der Waals surface area contributed by atoms with Gasteiger partial charge in [0.2, 0.25) is 9.90 Å². The summed E-state index contributed by atoms with van der Waals surface area (Å²) >= 11 is 15.8. The third-order valence-electron chi connectivity index (χ3n) is 2.02. The molecule has 12 heteroatoms. The Hall–Kier alpha value is -1.19. The smallest absolute Gasteiger partial charge is 0.426 e.